The number of carbonyl (C=O) groups excluding carboxylic acids is 1. The lowest BCUT2D eigenvalue weighted by Crippen LogP contribution is -2.37. The second-order valence-corrected chi connectivity index (χ2v) is 10.5. The number of hydrogen-bond acceptors (Lipinski definition) is 7. The van der Waals surface area contributed by atoms with Gasteiger partial charge >= 0.3 is 6.09 Å². The van der Waals surface area contributed by atoms with Crippen LogP contribution in [0.25, 0.3) is 11.3 Å². The minimum atomic E-state index is -0.506. The lowest BCUT2D eigenvalue weighted by atomic mass is 9.82. The van der Waals surface area contributed by atoms with E-state index >= 15 is 0 Å². The van der Waals surface area contributed by atoms with Gasteiger partial charge in [0.25, 0.3) is 0 Å². The molecule has 184 valence electrons. The molecule has 35 heavy (non-hydrogen) atoms. The van der Waals surface area contributed by atoms with E-state index in [9.17, 15) is 4.79 Å². The van der Waals surface area contributed by atoms with Crippen molar-refractivity contribution < 1.29 is 14.3 Å². The van der Waals surface area contributed by atoms with Gasteiger partial charge in [0.1, 0.15) is 11.7 Å². The minimum Gasteiger partial charge on any atom is -0.482 e. The van der Waals surface area contributed by atoms with Crippen molar-refractivity contribution in [1.29, 1.82) is 0 Å². The summed E-state index contributed by atoms with van der Waals surface area (Å²) in [5.41, 5.74) is 9.28. The summed E-state index contributed by atoms with van der Waals surface area (Å²) >= 11 is 0. The van der Waals surface area contributed by atoms with Gasteiger partial charge in [0, 0.05) is 60.5 Å². The van der Waals surface area contributed by atoms with Gasteiger partial charge in [-0.25, -0.2) is 9.78 Å². The third-order valence-corrected chi connectivity index (χ3v) is 6.77. The number of fused-ring (bicyclic) bond motifs is 2. The third kappa shape index (κ3) is 4.54. The number of pyridine rings is 2. The number of rotatable bonds is 4. The number of amides is 1. The van der Waals surface area contributed by atoms with Crippen LogP contribution in [0.15, 0.2) is 42.9 Å². The molecule has 1 fully saturated rings. The van der Waals surface area contributed by atoms with Crippen LogP contribution in [0.1, 0.15) is 57.9 Å². The summed E-state index contributed by atoms with van der Waals surface area (Å²) in [5.74, 6) is 0.843. The predicted molar refractivity (Wildman–Crippen MR) is 132 cm³/mol. The second-order valence-electron chi connectivity index (χ2n) is 10.5. The molecule has 9 heteroatoms. The van der Waals surface area contributed by atoms with Crippen molar-refractivity contribution >= 4 is 11.9 Å². The minimum absolute atomic E-state index is 0.0997. The first-order valence-corrected chi connectivity index (χ1v) is 12.0. The molecular weight excluding hydrogens is 444 g/mol. The van der Waals surface area contributed by atoms with Crippen LogP contribution in [0.4, 0.5) is 10.6 Å². The van der Waals surface area contributed by atoms with E-state index in [1.165, 1.54) is 0 Å². The summed E-state index contributed by atoms with van der Waals surface area (Å²) in [6.45, 7) is 9.78. The largest absolute Gasteiger partial charge is 0.482 e. The van der Waals surface area contributed by atoms with Gasteiger partial charge in [0.05, 0.1) is 5.69 Å². The number of hydrogen-bond donors (Lipinski definition) is 1. The highest BCUT2D eigenvalue weighted by Gasteiger charge is 2.47. The van der Waals surface area contributed by atoms with Crippen LogP contribution < -0.4 is 10.5 Å². The van der Waals surface area contributed by atoms with Crippen LogP contribution in [0.3, 0.4) is 0 Å². The summed E-state index contributed by atoms with van der Waals surface area (Å²) in [6, 6.07) is 7.85. The zero-order valence-corrected chi connectivity index (χ0v) is 20.7. The number of likely N-dealkylation sites (tertiary alicyclic amines) is 1. The van der Waals surface area contributed by atoms with Crippen molar-refractivity contribution in [3.63, 3.8) is 0 Å². The van der Waals surface area contributed by atoms with Crippen molar-refractivity contribution in [1.82, 2.24) is 24.6 Å². The number of anilines is 1. The molecule has 2 aliphatic heterocycles. The first-order chi connectivity index (χ1) is 16.6. The van der Waals surface area contributed by atoms with E-state index in [2.05, 4.69) is 20.7 Å². The average molecular weight is 477 g/mol. The molecule has 3 aromatic heterocycles. The lowest BCUT2D eigenvalue weighted by molar-refractivity contribution is 0.0284. The van der Waals surface area contributed by atoms with Gasteiger partial charge in [-0.15, -0.1) is 0 Å². The van der Waals surface area contributed by atoms with E-state index in [4.69, 9.17) is 20.3 Å². The maximum Gasteiger partial charge on any atom is 0.410 e. The van der Waals surface area contributed by atoms with Crippen molar-refractivity contribution in [3.8, 4) is 17.0 Å². The highest BCUT2D eigenvalue weighted by molar-refractivity contribution is 5.69. The Hall–Kier alpha value is -3.62. The molecule has 0 aromatic carbocycles. The molecule has 5 rings (SSSR count). The van der Waals surface area contributed by atoms with Crippen LogP contribution in [0, 0.1) is 0 Å². The maximum atomic E-state index is 12.6. The zero-order valence-electron chi connectivity index (χ0n) is 20.7. The lowest BCUT2D eigenvalue weighted by Gasteiger charge is -2.26. The molecule has 3 aromatic rings. The molecule has 9 nitrogen and oxygen atoms in total. The highest BCUT2D eigenvalue weighted by atomic mass is 16.6. The number of aromatic nitrogens is 4. The molecule has 0 radical (unpaired) electrons. The van der Waals surface area contributed by atoms with Gasteiger partial charge in [0.2, 0.25) is 0 Å². The van der Waals surface area contributed by atoms with Crippen molar-refractivity contribution in [2.24, 2.45) is 0 Å². The standard InChI is InChI=1S/C26H32N6O3/c1-17(18-6-5-9-28-14-18)34-21-12-19(15-29-23(21)27)20-13-22-26(8-11-32(22)30-20)7-10-31(16-26)24(33)35-25(2,3)4/h5-6,9,12-15,17H,7-8,10-11,16H2,1-4H3,(H2,27,29)/t17-,26?/m0/s1. The third-order valence-electron chi connectivity index (χ3n) is 6.77. The Morgan fingerprint density at radius 1 is 1.20 bits per heavy atom. The van der Waals surface area contributed by atoms with Gasteiger partial charge < -0.3 is 20.1 Å². The fourth-order valence-electron chi connectivity index (χ4n) is 4.94. The molecule has 2 N–H and O–H groups in total. The smallest absolute Gasteiger partial charge is 0.410 e. The van der Waals surface area contributed by atoms with E-state index in [1.54, 1.807) is 18.6 Å². The van der Waals surface area contributed by atoms with E-state index in [0.717, 1.165) is 41.9 Å². The van der Waals surface area contributed by atoms with Gasteiger partial charge in [-0.05, 0) is 58.7 Å². The highest BCUT2D eigenvalue weighted by Crippen LogP contribution is 2.44. The number of ether oxygens (including phenoxy) is 2. The van der Waals surface area contributed by atoms with Gasteiger partial charge in [-0.1, -0.05) is 6.07 Å². The molecule has 1 amide bonds. The Morgan fingerprint density at radius 2 is 2.00 bits per heavy atom. The molecule has 0 aliphatic carbocycles. The maximum absolute atomic E-state index is 12.6. The van der Waals surface area contributed by atoms with Crippen LogP contribution >= 0.6 is 0 Å². The Bertz CT molecular complexity index is 1240. The first kappa shape index (κ1) is 23.1. The molecular formula is C26H32N6O3. The normalized spacial score (nSPS) is 20.2. The van der Waals surface area contributed by atoms with Crippen LogP contribution in [-0.2, 0) is 16.7 Å². The SMILES string of the molecule is C[C@H](Oc1cc(-c2cc3n(n2)CCC32CCN(C(=O)OC(C)(C)C)C2)cnc1N)c1cccnc1. The summed E-state index contributed by atoms with van der Waals surface area (Å²) in [4.78, 5) is 23.0. The Balaban J connectivity index is 1.36. The summed E-state index contributed by atoms with van der Waals surface area (Å²) in [5, 5.41) is 4.85. The molecule has 1 saturated heterocycles. The molecule has 5 heterocycles. The number of nitrogen functional groups attached to an aromatic ring is 1. The van der Waals surface area contributed by atoms with Crippen LogP contribution in [0.5, 0.6) is 5.75 Å². The fourth-order valence-corrected chi connectivity index (χ4v) is 4.94. The van der Waals surface area contributed by atoms with Crippen molar-refractivity contribution in [2.75, 3.05) is 18.8 Å². The summed E-state index contributed by atoms with van der Waals surface area (Å²) in [7, 11) is 0. The Morgan fingerprint density at radius 3 is 2.74 bits per heavy atom. The van der Waals surface area contributed by atoms with Gasteiger partial charge in [-0.3, -0.25) is 9.67 Å². The molecule has 2 atom stereocenters. The second kappa shape index (κ2) is 8.55. The predicted octanol–water partition coefficient (Wildman–Crippen LogP) is 4.34. The Kier molecular flexibility index (Phi) is 5.65. The van der Waals surface area contributed by atoms with Crippen LogP contribution in [-0.4, -0.2) is 49.4 Å². The number of aryl methyl sites for hydroxylation is 1. The number of nitrogens with zero attached hydrogens (tertiary/aromatic N) is 5. The quantitative estimate of drug-likeness (QED) is 0.596. The first-order valence-electron chi connectivity index (χ1n) is 12.0. The number of nitrogens with two attached hydrogens (primary N) is 1. The van der Waals surface area contributed by atoms with Crippen LogP contribution in [0.2, 0.25) is 0 Å². The monoisotopic (exact) mass is 476 g/mol. The van der Waals surface area contributed by atoms with Crippen molar-refractivity contribution in [3.05, 3.63) is 54.1 Å². The number of carbonyl (C=O) groups is 1. The van der Waals surface area contributed by atoms with Gasteiger partial charge in [0.15, 0.2) is 11.6 Å². The topological polar surface area (TPSA) is 108 Å². The molecule has 1 unspecified atom stereocenters. The van der Waals surface area contributed by atoms with E-state index in [-0.39, 0.29) is 17.6 Å². The fraction of sp³-hybridized carbons (Fsp3) is 0.462. The van der Waals surface area contributed by atoms with Crippen molar-refractivity contribution in [2.45, 2.75) is 64.2 Å². The molecule has 2 aliphatic rings. The average Bonchev–Trinajstić information content (AvgIpc) is 3.52. The van der Waals surface area contributed by atoms with Gasteiger partial charge in [-0.2, -0.15) is 5.10 Å². The summed E-state index contributed by atoms with van der Waals surface area (Å²) < 4.78 is 13.8. The zero-order chi connectivity index (χ0) is 24.8. The molecule has 1 spiro atoms. The Labute approximate surface area is 205 Å². The molecule has 0 saturated carbocycles. The molecule has 0 bridgehead atoms. The van der Waals surface area contributed by atoms with E-state index in [0.29, 0.717) is 24.7 Å². The summed E-state index contributed by atoms with van der Waals surface area (Å²) in [6.07, 6.45) is 6.62. The van der Waals surface area contributed by atoms with E-state index in [1.807, 2.05) is 50.8 Å². The van der Waals surface area contributed by atoms with E-state index < -0.39 is 5.60 Å².